The summed E-state index contributed by atoms with van der Waals surface area (Å²) in [7, 11) is 0. The highest BCUT2D eigenvalue weighted by Crippen LogP contribution is 2.22. The lowest BCUT2D eigenvalue weighted by molar-refractivity contribution is 0.166. The normalized spacial score (nSPS) is 17.4. The molecule has 16 heavy (non-hydrogen) atoms. The van der Waals surface area contributed by atoms with E-state index in [-0.39, 0.29) is 0 Å². The maximum absolute atomic E-state index is 3.65. The quantitative estimate of drug-likeness (QED) is 0.684. The van der Waals surface area contributed by atoms with E-state index in [4.69, 9.17) is 0 Å². The van der Waals surface area contributed by atoms with Crippen LogP contribution in [0.1, 0.15) is 47.5 Å². The number of hydrogen-bond donors (Lipinski definition) is 1. The molecule has 0 saturated heterocycles. The van der Waals surface area contributed by atoms with Gasteiger partial charge in [-0.25, -0.2) is 0 Å². The second-order valence-electron chi connectivity index (χ2n) is 6.54. The molecule has 0 aromatic rings. The first kappa shape index (κ1) is 14.0. The number of nitrogens with zero attached hydrogens (tertiary/aromatic N) is 1. The molecule has 1 aliphatic carbocycles. The molecule has 0 aliphatic heterocycles. The van der Waals surface area contributed by atoms with Gasteiger partial charge in [0, 0.05) is 25.7 Å². The molecule has 0 heterocycles. The molecular weight excluding hydrogens is 196 g/mol. The Hall–Kier alpha value is -0.0800. The van der Waals surface area contributed by atoms with Gasteiger partial charge in [0.15, 0.2) is 0 Å². The van der Waals surface area contributed by atoms with Gasteiger partial charge in [0.2, 0.25) is 0 Å². The van der Waals surface area contributed by atoms with E-state index in [9.17, 15) is 0 Å². The molecule has 2 heteroatoms. The van der Waals surface area contributed by atoms with Crippen LogP contribution in [0.15, 0.2) is 0 Å². The summed E-state index contributed by atoms with van der Waals surface area (Å²) in [6.45, 7) is 16.4. The lowest BCUT2D eigenvalue weighted by atomic mass is 9.92. The Balaban J connectivity index is 2.28. The fraction of sp³-hybridized carbons (Fsp3) is 1.00. The van der Waals surface area contributed by atoms with Crippen LogP contribution in [0.4, 0.5) is 0 Å². The second-order valence-corrected chi connectivity index (χ2v) is 6.54. The minimum atomic E-state index is 0.396. The van der Waals surface area contributed by atoms with Crippen LogP contribution < -0.4 is 5.32 Å². The number of rotatable bonds is 8. The molecule has 0 aromatic carbocycles. The Morgan fingerprint density at radius 2 is 1.94 bits per heavy atom. The standard InChI is InChI=1S/C14H30N2/c1-6-16(9-12(2)3)11-14(4,5)10-15-13-7-8-13/h12-13,15H,6-11H2,1-5H3. The van der Waals surface area contributed by atoms with Crippen molar-refractivity contribution in [3.63, 3.8) is 0 Å². The van der Waals surface area contributed by atoms with Gasteiger partial charge in [0.25, 0.3) is 0 Å². The van der Waals surface area contributed by atoms with Crippen LogP contribution in [0, 0.1) is 11.3 Å². The third kappa shape index (κ3) is 5.86. The zero-order valence-electron chi connectivity index (χ0n) is 11.8. The smallest absolute Gasteiger partial charge is 0.00684 e. The molecule has 2 nitrogen and oxygen atoms in total. The third-order valence-electron chi connectivity index (χ3n) is 3.17. The van der Waals surface area contributed by atoms with E-state index in [1.54, 1.807) is 0 Å². The highest BCUT2D eigenvalue weighted by molar-refractivity contribution is 4.85. The van der Waals surface area contributed by atoms with Crippen LogP contribution in [0.3, 0.4) is 0 Å². The molecule has 0 bridgehead atoms. The predicted octanol–water partition coefficient (Wildman–Crippen LogP) is 2.74. The maximum atomic E-state index is 3.65. The van der Waals surface area contributed by atoms with Gasteiger partial charge in [-0.3, -0.25) is 0 Å². The lowest BCUT2D eigenvalue weighted by Gasteiger charge is -2.33. The van der Waals surface area contributed by atoms with Gasteiger partial charge >= 0.3 is 0 Å². The highest BCUT2D eigenvalue weighted by atomic mass is 15.1. The molecule has 1 aliphatic rings. The molecule has 0 amide bonds. The van der Waals surface area contributed by atoms with E-state index in [1.165, 1.54) is 32.5 Å². The van der Waals surface area contributed by atoms with E-state index >= 15 is 0 Å². The first-order valence-electron chi connectivity index (χ1n) is 6.88. The average molecular weight is 226 g/mol. The zero-order valence-corrected chi connectivity index (χ0v) is 11.8. The largest absolute Gasteiger partial charge is 0.313 e. The molecule has 1 saturated carbocycles. The van der Waals surface area contributed by atoms with Crippen molar-refractivity contribution in [2.24, 2.45) is 11.3 Å². The molecular formula is C14H30N2. The van der Waals surface area contributed by atoms with Crippen molar-refractivity contribution in [3.8, 4) is 0 Å². The van der Waals surface area contributed by atoms with Crippen molar-refractivity contribution < 1.29 is 0 Å². The Kier molecular flexibility index (Phi) is 5.26. The summed E-state index contributed by atoms with van der Waals surface area (Å²) in [5, 5.41) is 3.65. The van der Waals surface area contributed by atoms with Crippen LogP contribution in [0.2, 0.25) is 0 Å². The van der Waals surface area contributed by atoms with Crippen molar-refractivity contribution in [2.45, 2.75) is 53.5 Å². The average Bonchev–Trinajstić information content (AvgIpc) is 2.96. The first-order chi connectivity index (χ1) is 7.43. The topological polar surface area (TPSA) is 15.3 Å². The van der Waals surface area contributed by atoms with Crippen molar-refractivity contribution in [3.05, 3.63) is 0 Å². The van der Waals surface area contributed by atoms with Gasteiger partial charge in [-0.1, -0.05) is 34.6 Å². The van der Waals surface area contributed by atoms with Gasteiger partial charge in [-0.05, 0) is 30.7 Å². The van der Waals surface area contributed by atoms with Crippen LogP contribution in [0.5, 0.6) is 0 Å². The summed E-state index contributed by atoms with van der Waals surface area (Å²) >= 11 is 0. The van der Waals surface area contributed by atoms with Gasteiger partial charge in [-0.2, -0.15) is 0 Å². The molecule has 0 spiro atoms. The third-order valence-corrected chi connectivity index (χ3v) is 3.17. The van der Waals surface area contributed by atoms with E-state index < -0.39 is 0 Å². The number of nitrogens with one attached hydrogen (secondary N) is 1. The summed E-state index contributed by atoms with van der Waals surface area (Å²) in [6.07, 6.45) is 2.78. The summed E-state index contributed by atoms with van der Waals surface area (Å²) < 4.78 is 0. The fourth-order valence-electron chi connectivity index (χ4n) is 2.19. The lowest BCUT2D eigenvalue weighted by Crippen LogP contribution is -2.42. The maximum Gasteiger partial charge on any atom is 0.00684 e. The van der Waals surface area contributed by atoms with Crippen molar-refractivity contribution in [1.82, 2.24) is 10.2 Å². The van der Waals surface area contributed by atoms with Crippen LogP contribution in [-0.2, 0) is 0 Å². The van der Waals surface area contributed by atoms with Gasteiger partial charge < -0.3 is 10.2 Å². The van der Waals surface area contributed by atoms with Gasteiger partial charge in [0.05, 0.1) is 0 Å². The highest BCUT2D eigenvalue weighted by Gasteiger charge is 2.26. The SMILES string of the molecule is CCN(CC(C)C)CC(C)(C)CNC1CC1. The molecule has 1 rings (SSSR count). The molecule has 0 radical (unpaired) electrons. The van der Waals surface area contributed by atoms with Crippen molar-refractivity contribution >= 4 is 0 Å². The zero-order chi connectivity index (χ0) is 12.2. The van der Waals surface area contributed by atoms with Crippen molar-refractivity contribution in [1.29, 1.82) is 0 Å². The monoisotopic (exact) mass is 226 g/mol. The molecule has 0 aromatic heterocycles. The van der Waals surface area contributed by atoms with E-state index in [0.717, 1.165) is 18.5 Å². The van der Waals surface area contributed by atoms with Crippen LogP contribution in [0.25, 0.3) is 0 Å². The molecule has 1 N–H and O–H groups in total. The van der Waals surface area contributed by atoms with E-state index in [1.807, 2.05) is 0 Å². The predicted molar refractivity (Wildman–Crippen MR) is 71.8 cm³/mol. The molecule has 96 valence electrons. The molecule has 0 atom stereocenters. The summed E-state index contributed by atoms with van der Waals surface area (Å²) in [6, 6.07) is 0.833. The fourth-order valence-corrected chi connectivity index (χ4v) is 2.19. The minimum Gasteiger partial charge on any atom is -0.313 e. The Morgan fingerprint density at radius 3 is 2.38 bits per heavy atom. The Bertz CT molecular complexity index is 195. The van der Waals surface area contributed by atoms with Crippen molar-refractivity contribution in [2.75, 3.05) is 26.2 Å². The van der Waals surface area contributed by atoms with Crippen LogP contribution in [-0.4, -0.2) is 37.1 Å². The van der Waals surface area contributed by atoms with Gasteiger partial charge in [-0.15, -0.1) is 0 Å². The van der Waals surface area contributed by atoms with Gasteiger partial charge in [0.1, 0.15) is 0 Å². The van der Waals surface area contributed by atoms with E-state index in [2.05, 4.69) is 44.8 Å². The Labute approximate surface area is 102 Å². The second kappa shape index (κ2) is 6.02. The number of hydrogen-bond acceptors (Lipinski definition) is 2. The summed E-state index contributed by atoms with van der Waals surface area (Å²) in [5.41, 5.74) is 0.396. The minimum absolute atomic E-state index is 0.396. The van der Waals surface area contributed by atoms with E-state index in [0.29, 0.717) is 5.41 Å². The first-order valence-corrected chi connectivity index (χ1v) is 6.88. The van der Waals surface area contributed by atoms with Crippen LogP contribution >= 0.6 is 0 Å². The molecule has 0 unspecified atom stereocenters. The summed E-state index contributed by atoms with van der Waals surface area (Å²) in [5.74, 6) is 0.771. The molecule has 1 fully saturated rings. The Morgan fingerprint density at radius 1 is 1.31 bits per heavy atom. The summed E-state index contributed by atoms with van der Waals surface area (Å²) in [4.78, 5) is 2.58.